The molecule has 0 radical (unpaired) electrons. The Hall–Kier alpha value is -1.83. The molecule has 0 fully saturated rings. The van der Waals surface area contributed by atoms with Gasteiger partial charge in [0.2, 0.25) is 0 Å². The van der Waals surface area contributed by atoms with Crippen molar-refractivity contribution in [1.82, 2.24) is 15.2 Å². The lowest BCUT2D eigenvalue weighted by molar-refractivity contribution is 1.05. The fraction of sp³-hybridized carbons (Fsp3) is 0.0667. The van der Waals surface area contributed by atoms with Gasteiger partial charge in [0.25, 0.3) is 0 Å². The molecule has 110 valence electrons. The van der Waals surface area contributed by atoms with Gasteiger partial charge in [-0.3, -0.25) is 0 Å². The highest BCUT2D eigenvalue weighted by Crippen LogP contribution is 2.33. The molecule has 0 aliphatic rings. The quantitative estimate of drug-likeness (QED) is 0.501. The molecule has 0 aliphatic carbocycles. The summed E-state index contributed by atoms with van der Waals surface area (Å²) in [7, 11) is 0. The fourth-order valence-corrected chi connectivity index (χ4v) is 4.31. The van der Waals surface area contributed by atoms with Crippen molar-refractivity contribution < 1.29 is 0 Å². The molecule has 0 spiro atoms. The first kappa shape index (κ1) is 13.8. The molecule has 0 unspecified atom stereocenters. The molecule has 0 saturated heterocycles. The Bertz CT molecular complexity index is 908. The predicted octanol–water partition coefficient (Wildman–Crippen LogP) is 5.18. The number of hydrogen-bond donors (Lipinski definition) is 2. The second-order valence-electron chi connectivity index (χ2n) is 4.72. The van der Waals surface area contributed by atoms with Crippen LogP contribution in [0.1, 0.15) is 5.01 Å². The average Bonchev–Trinajstić information content (AvgIpc) is 3.24. The van der Waals surface area contributed by atoms with Gasteiger partial charge in [-0.15, -0.1) is 21.5 Å². The van der Waals surface area contributed by atoms with Gasteiger partial charge in [0.15, 0.2) is 5.01 Å². The van der Waals surface area contributed by atoms with Crippen LogP contribution in [-0.2, 0) is 0 Å². The number of aromatic amines is 1. The van der Waals surface area contributed by atoms with E-state index in [9.17, 15) is 0 Å². The van der Waals surface area contributed by atoms with Crippen LogP contribution < -0.4 is 4.72 Å². The molecule has 4 aromatic rings. The Morgan fingerprint density at radius 1 is 1.18 bits per heavy atom. The monoisotopic (exact) mass is 344 g/mol. The maximum absolute atomic E-state index is 4.21. The summed E-state index contributed by atoms with van der Waals surface area (Å²) in [5.74, 6) is 0. The minimum Gasteiger partial charge on any atom is -0.351 e. The van der Waals surface area contributed by atoms with E-state index >= 15 is 0 Å². The molecule has 4 rings (SSSR count). The standard InChI is InChI=1S/C15H12N4S3/c1-9-17-18-15(21-9)12-8-10-4-2-5-11(14(10)16-12)19-22-13-6-3-7-20-13/h2-8,16,19H,1H3. The van der Waals surface area contributed by atoms with Crippen LogP contribution in [0.25, 0.3) is 21.6 Å². The molecule has 3 heterocycles. The zero-order chi connectivity index (χ0) is 14.9. The average molecular weight is 344 g/mol. The number of anilines is 1. The van der Waals surface area contributed by atoms with Crippen molar-refractivity contribution in [3.63, 3.8) is 0 Å². The van der Waals surface area contributed by atoms with Gasteiger partial charge in [-0.1, -0.05) is 29.5 Å². The van der Waals surface area contributed by atoms with Gasteiger partial charge < -0.3 is 9.71 Å². The van der Waals surface area contributed by atoms with Crippen LogP contribution in [-0.4, -0.2) is 15.2 Å². The summed E-state index contributed by atoms with van der Waals surface area (Å²) in [6.45, 7) is 1.97. The number of H-pyrrole nitrogens is 1. The summed E-state index contributed by atoms with van der Waals surface area (Å²) < 4.78 is 4.66. The molecular weight excluding hydrogens is 332 g/mol. The van der Waals surface area contributed by atoms with Gasteiger partial charge in [0, 0.05) is 5.39 Å². The highest BCUT2D eigenvalue weighted by atomic mass is 32.2. The largest absolute Gasteiger partial charge is 0.351 e. The highest BCUT2D eigenvalue weighted by molar-refractivity contribution is 8.02. The van der Waals surface area contributed by atoms with Crippen LogP contribution in [0.2, 0.25) is 0 Å². The summed E-state index contributed by atoms with van der Waals surface area (Å²) in [6, 6.07) is 12.5. The SMILES string of the molecule is Cc1nnc(-c2cc3cccc(NSc4cccs4)c3[nH]2)s1. The molecule has 2 N–H and O–H groups in total. The predicted molar refractivity (Wildman–Crippen MR) is 95.7 cm³/mol. The number of aryl methyl sites for hydroxylation is 1. The molecule has 0 aliphatic heterocycles. The third-order valence-corrected chi connectivity index (χ3v) is 5.90. The van der Waals surface area contributed by atoms with Gasteiger partial charge in [0.1, 0.15) is 5.01 Å². The molecular formula is C15H12N4S3. The van der Waals surface area contributed by atoms with E-state index in [-0.39, 0.29) is 0 Å². The number of hydrogen-bond acceptors (Lipinski definition) is 6. The van der Waals surface area contributed by atoms with Crippen molar-refractivity contribution in [2.24, 2.45) is 0 Å². The normalized spacial score (nSPS) is 11.1. The summed E-state index contributed by atoms with van der Waals surface area (Å²) in [6.07, 6.45) is 0. The van der Waals surface area contributed by atoms with E-state index in [0.717, 1.165) is 26.9 Å². The first-order valence-electron chi connectivity index (χ1n) is 6.68. The lowest BCUT2D eigenvalue weighted by Gasteiger charge is -2.04. The van der Waals surface area contributed by atoms with Crippen molar-refractivity contribution in [1.29, 1.82) is 0 Å². The molecule has 1 aromatic carbocycles. The topological polar surface area (TPSA) is 53.6 Å². The zero-order valence-corrected chi connectivity index (χ0v) is 14.1. The Balaban J connectivity index is 1.68. The Morgan fingerprint density at radius 2 is 2.14 bits per heavy atom. The van der Waals surface area contributed by atoms with Crippen LogP contribution in [0.3, 0.4) is 0 Å². The number of rotatable bonds is 4. The maximum Gasteiger partial charge on any atom is 0.164 e. The number of nitrogens with one attached hydrogen (secondary N) is 2. The number of thiophene rings is 1. The Morgan fingerprint density at radius 3 is 2.91 bits per heavy atom. The van der Waals surface area contributed by atoms with E-state index in [1.165, 1.54) is 9.60 Å². The minimum atomic E-state index is 0.922. The maximum atomic E-state index is 4.21. The van der Waals surface area contributed by atoms with Crippen LogP contribution in [0, 0.1) is 6.92 Å². The number of aromatic nitrogens is 3. The molecule has 0 bridgehead atoms. The number of fused-ring (bicyclic) bond motifs is 1. The van der Waals surface area contributed by atoms with Crippen LogP contribution in [0.5, 0.6) is 0 Å². The number of para-hydroxylation sites is 1. The van der Waals surface area contributed by atoms with E-state index in [2.05, 4.69) is 61.7 Å². The van der Waals surface area contributed by atoms with Crippen molar-refractivity contribution in [2.45, 2.75) is 11.1 Å². The molecule has 7 heteroatoms. The van der Waals surface area contributed by atoms with Crippen molar-refractivity contribution >= 4 is 51.2 Å². The lowest BCUT2D eigenvalue weighted by atomic mass is 10.2. The fourth-order valence-electron chi connectivity index (χ4n) is 2.19. The zero-order valence-electron chi connectivity index (χ0n) is 11.7. The Kier molecular flexibility index (Phi) is 3.61. The molecule has 4 nitrogen and oxygen atoms in total. The van der Waals surface area contributed by atoms with Gasteiger partial charge >= 0.3 is 0 Å². The van der Waals surface area contributed by atoms with E-state index in [0.29, 0.717) is 0 Å². The van der Waals surface area contributed by atoms with Crippen LogP contribution in [0.15, 0.2) is 46.0 Å². The smallest absolute Gasteiger partial charge is 0.164 e. The second-order valence-corrected chi connectivity index (χ2v) is 7.95. The minimum absolute atomic E-state index is 0.922. The summed E-state index contributed by atoms with van der Waals surface area (Å²) in [4.78, 5) is 3.46. The molecule has 22 heavy (non-hydrogen) atoms. The van der Waals surface area contributed by atoms with Crippen LogP contribution in [0.4, 0.5) is 5.69 Å². The van der Waals surface area contributed by atoms with Crippen LogP contribution >= 0.6 is 34.6 Å². The third kappa shape index (κ3) is 2.63. The van der Waals surface area contributed by atoms with Gasteiger partial charge in [-0.25, -0.2) is 0 Å². The molecule has 0 amide bonds. The lowest BCUT2D eigenvalue weighted by Crippen LogP contribution is -1.86. The van der Waals surface area contributed by atoms with Gasteiger partial charge in [0.05, 0.1) is 21.1 Å². The second kappa shape index (κ2) is 5.75. The van der Waals surface area contributed by atoms with E-state index < -0.39 is 0 Å². The van der Waals surface area contributed by atoms with Crippen molar-refractivity contribution in [2.75, 3.05) is 4.72 Å². The van der Waals surface area contributed by atoms with Gasteiger partial charge in [-0.05, 0) is 42.5 Å². The summed E-state index contributed by atoms with van der Waals surface area (Å²) in [5.41, 5.74) is 3.17. The third-order valence-electron chi connectivity index (χ3n) is 3.17. The van der Waals surface area contributed by atoms with E-state index in [4.69, 9.17) is 0 Å². The summed E-state index contributed by atoms with van der Waals surface area (Å²) >= 11 is 4.95. The first-order valence-corrected chi connectivity index (χ1v) is 9.19. The highest BCUT2D eigenvalue weighted by Gasteiger charge is 2.10. The van der Waals surface area contributed by atoms with Crippen molar-refractivity contribution in [3.05, 3.63) is 46.8 Å². The molecule has 0 saturated carbocycles. The number of benzene rings is 1. The number of nitrogens with zero attached hydrogens (tertiary/aromatic N) is 2. The van der Waals surface area contributed by atoms with E-state index in [1.54, 1.807) is 34.6 Å². The van der Waals surface area contributed by atoms with Crippen molar-refractivity contribution in [3.8, 4) is 10.7 Å². The van der Waals surface area contributed by atoms with E-state index in [1.807, 2.05) is 6.92 Å². The summed E-state index contributed by atoms with van der Waals surface area (Å²) in [5, 5.41) is 13.4. The molecule has 3 aromatic heterocycles. The van der Waals surface area contributed by atoms with Gasteiger partial charge in [-0.2, -0.15) is 0 Å². The Labute approximate surface area is 139 Å². The molecule has 0 atom stereocenters. The first-order chi connectivity index (χ1) is 10.8.